The Labute approximate surface area is 233 Å². The molecule has 12 nitrogen and oxygen atoms in total. The normalized spacial score (nSPS) is 12.9. The molecule has 0 atom stereocenters. The zero-order chi connectivity index (χ0) is 29.4. The Hall–Kier alpha value is -4.36. The van der Waals surface area contributed by atoms with Crippen LogP contribution < -0.4 is 20.7 Å². The summed E-state index contributed by atoms with van der Waals surface area (Å²) in [5.41, 5.74) is 0.516. The molecule has 1 aliphatic rings. The van der Waals surface area contributed by atoms with Gasteiger partial charge in [-0.15, -0.1) is 10.2 Å². The standard InChI is InChI=1S/C24H24B3FN8O4/c1-35(2)23(39)17-9-14(34-36(17)3)13-7-12(28)8-16(20(13)40-4)29-15-10-18(30-21(37)11-5-6-11)32-33-19(15)22(38)31-24(25,26)27/h7-11H,5-6H2,1-4H3,(H,31,38)(H2,29,30,32,37). The second-order valence-electron chi connectivity index (χ2n) is 9.54. The maximum Gasteiger partial charge on any atom is 0.272 e. The summed E-state index contributed by atoms with van der Waals surface area (Å²) in [6.45, 7) is 0. The van der Waals surface area contributed by atoms with Crippen LogP contribution in [0.15, 0.2) is 24.3 Å². The van der Waals surface area contributed by atoms with Crippen molar-refractivity contribution in [3.8, 4) is 17.0 Å². The monoisotopic (exact) mass is 540 g/mol. The van der Waals surface area contributed by atoms with E-state index in [1.54, 1.807) is 21.1 Å². The second kappa shape index (κ2) is 11.0. The highest BCUT2D eigenvalue weighted by atomic mass is 19.1. The molecule has 0 bridgehead atoms. The number of rotatable bonds is 9. The van der Waals surface area contributed by atoms with Crippen molar-refractivity contribution >= 4 is 58.5 Å². The number of halogens is 1. The molecule has 4 rings (SSSR count). The molecule has 3 amide bonds. The van der Waals surface area contributed by atoms with E-state index in [9.17, 15) is 18.8 Å². The van der Waals surface area contributed by atoms with E-state index < -0.39 is 17.0 Å². The lowest BCUT2D eigenvalue weighted by molar-refractivity contribution is -0.117. The van der Waals surface area contributed by atoms with Gasteiger partial charge in [-0.2, -0.15) is 5.10 Å². The van der Waals surface area contributed by atoms with Gasteiger partial charge in [-0.25, -0.2) is 4.39 Å². The molecular formula is C24H24B3FN8O4. The van der Waals surface area contributed by atoms with Crippen molar-refractivity contribution in [1.29, 1.82) is 0 Å². The number of methoxy groups -OCH3 is 1. The first-order chi connectivity index (χ1) is 18.8. The number of benzene rings is 1. The Morgan fingerprint density at radius 3 is 2.40 bits per heavy atom. The molecule has 2 heterocycles. The van der Waals surface area contributed by atoms with Crippen molar-refractivity contribution < 1.29 is 23.5 Å². The van der Waals surface area contributed by atoms with Crippen LogP contribution in [-0.2, 0) is 11.8 Å². The number of amides is 3. The van der Waals surface area contributed by atoms with Crippen LogP contribution in [0.25, 0.3) is 11.3 Å². The number of ether oxygens (including phenoxy) is 1. The Kier molecular flexibility index (Phi) is 7.90. The summed E-state index contributed by atoms with van der Waals surface area (Å²) in [7, 11) is 22.7. The van der Waals surface area contributed by atoms with Crippen LogP contribution in [0.4, 0.5) is 21.6 Å². The highest BCUT2D eigenvalue weighted by Crippen LogP contribution is 2.39. The van der Waals surface area contributed by atoms with Gasteiger partial charge in [0.05, 0.1) is 47.7 Å². The molecule has 0 spiro atoms. The lowest BCUT2D eigenvalue weighted by Gasteiger charge is -2.23. The van der Waals surface area contributed by atoms with Crippen molar-refractivity contribution in [2.75, 3.05) is 31.8 Å². The molecule has 1 saturated carbocycles. The fourth-order valence-electron chi connectivity index (χ4n) is 3.82. The molecule has 40 heavy (non-hydrogen) atoms. The van der Waals surface area contributed by atoms with Crippen molar-refractivity contribution in [2.45, 2.75) is 18.1 Å². The molecule has 0 unspecified atom stereocenters. The zero-order valence-corrected chi connectivity index (χ0v) is 22.3. The van der Waals surface area contributed by atoms with Crippen LogP contribution in [0.2, 0.25) is 0 Å². The van der Waals surface area contributed by atoms with Crippen LogP contribution in [0.5, 0.6) is 5.75 Å². The van der Waals surface area contributed by atoms with Gasteiger partial charge in [-0.1, -0.05) is 5.24 Å². The number of carbonyl (C=O) groups excluding carboxylic acids is 3. The van der Waals surface area contributed by atoms with Gasteiger partial charge >= 0.3 is 0 Å². The Balaban J connectivity index is 1.78. The largest absolute Gasteiger partial charge is 0.494 e. The molecule has 16 heteroatoms. The van der Waals surface area contributed by atoms with Crippen LogP contribution >= 0.6 is 0 Å². The molecule has 6 radical (unpaired) electrons. The molecule has 0 saturated heterocycles. The SMILES string of the molecule is [B]C([B])([B])NC(=O)c1nnc(NC(=O)C2CC2)cc1Nc1cc(F)cc(-c2cc(C(=O)N(C)C)n(C)n2)c1OC. The number of nitrogens with zero attached hydrogens (tertiary/aromatic N) is 5. The summed E-state index contributed by atoms with van der Waals surface area (Å²) in [6.07, 6.45) is 1.52. The Morgan fingerprint density at radius 1 is 1.10 bits per heavy atom. The fourth-order valence-corrected chi connectivity index (χ4v) is 3.82. The van der Waals surface area contributed by atoms with Crippen molar-refractivity contribution in [3.05, 3.63) is 41.5 Å². The number of hydrogen-bond donors (Lipinski definition) is 3. The first-order valence-corrected chi connectivity index (χ1v) is 12.1. The molecule has 3 aromatic rings. The summed E-state index contributed by atoms with van der Waals surface area (Å²) < 4.78 is 21.9. The van der Waals surface area contributed by atoms with E-state index in [4.69, 9.17) is 28.3 Å². The summed E-state index contributed by atoms with van der Waals surface area (Å²) in [5, 5.41) is 17.8. The first-order valence-electron chi connectivity index (χ1n) is 12.1. The maximum absolute atomic E-state index is 14.9. The third-order valence-electron chi connectivity index (χ3n) is 5.85. The third-order valence-corrected chi connectivity index (χ3v) is 5.85. The minimum atomic E-state index is -2.07. The van der Waals surface area contributed by atoms with E-state index in [1.807, 2.05) is 0 Å². The van der Waals surface area contributed by atoms with Gasteiger partial charge in [0, 0.05) is 44.8 Å². The van der Waals surface area contributed by atoms with E-state index in [2.05, 4.69) is 31.2 Å². The highest BCUT2D eigenvalue weighted by molar-refractivity contribution is 6.60. The van der Waals surface area contributed by atoms with Gasteiger partial charge in [0.25, 0.3) is 11.8 Å². The van der Waals surface area contributed by atoms with Gasteiger partial charge in [-0.3, -0.25) is 19.1 Å². The minimum Gasteiger partial charge on any atom is -0.494 e. The van der Waals surface area contributed by atoms with E-state index >= 15 is 0 Å². The van der Waals surface area contributed by atoms with E-state index in [0.717, 1.165) is 18.9 Å². The average Bonchev–Trinajstić information content (AvgIpc) is 3.64. The Bertz CT molecular complexity index is 1490. The van der Waals surface area contributed by atoms with Gasteiger partial charge in [-0.05, 0) is 25.0 Å². The van der Waals surface area contributed by atoms with Crippen molar-refractivity contribution in [2.24, 2.45) is 13.0 Å². The molecular weight excluding hydrogens is 516 g/mol. The molecule has 3 N–H and O–H groups in total. The van der Waals surface area contributed by atoms with E-state index in [-0.39, 0.29) is 63.3 Å². The lowest BCUT2D eigenvalue weighted by Crippen LogP contribution is -2.50. The summed E-state index contributed by atoms with van der Waals surface area (Å²) >= 11 is 0. The Morgan fingerprint density at radius 2 is 1.80 bits per heavy atom. The van der Waals surface area contributed by atoms with E-state index in [1.165, 1.54) is 34.9 Å². The second-order valence-corrected chi connectivity index (χ2v) is 9.54. The number of aromatic nitrogens is 4. The average molecular weight is 540 g/mol. The van der Waals surface area contributed by atoms with Gasteiger partial charge in [0.15, 0.2) is 17.3 Å². The molecule has 1 aromatic carbocycles. The molecule has 1 fully saturated rings. The predicted molar refractivity (Wildman–Crippen MR) is 147 cm³/mol. The molecule has 2 aromatic heterocycles. The highest BCUT2D eigenvalue weighted by Gasteiger charge is 2.30. The third kappa shape index (κ3) is 6.43. The van der Waals surface area contributed by atoms with Gasteiger partial charge in [0.1, 0.15) is 11.5 Å². The number of nitrogens with one attached hydrogen (secondary N) is 3. The van der Waals surface area contributed by atoms with E-state index in [0.29, 0.717) is 0 Å². The fraction of sp³-hybridized carbons (Fsp3) is 0.333. The van der Waals surface area contributed by atoms with Gasteiger partial charge < -0.3 is 25.6 Å². The van der Waals surface area contributed by atoms with Crippen LogP contribution in [0.1, 0.15) is 33.8 Å². The van der Waals surface area contributed by atoms with Gasteiger partial charge in [0.2, 0.25) is 5.91 Å². The van der Waals surface area contributed by atoms with Crippen LogP contribution in [0, 0.1) is 11.7 Å². The quantitative estimate of drug-likeness (QED) is 0.337. The topological polar surface area (TPSA) is 143 Å². The first kappa shape index (κ1) is 28.6. The predicted octanol–water partition coefficient (Wildman–Crippen LogP) is 0.665. The lowest BCUT2D eigenvalue weighted by atomic mass is 9.49. The number of hydrogen-bond acceptors (Lipinski definition) is 8. The maximum atomic E-state index is 14.9. The van der Waals surface area contributed by atoms with Crippen LogP contribution in [0.3, 0.4) is 0 Å². The van der Waals surface area contributed by atoms with Crippen molar-refractivity contribution in [3.63, 3.8) is 0 Å². The summed E-state index contributed by atoms with van der Waals surface area (Å²) in [6, 6.07) is 5.17. The summed E-state index contributed by atoms with van der Waals surface area (Å²) in [5.74, 6) is -2.05. The number of anilines is 3. The van der Waals surface area contributed by atoms with Crippen molar-refractivity contribution in [1.82, 2.24) is 30.2 Å². The molecule has 200 valence electrons. The number of carbonyl (C=O) groups is 3. The minimum absolute atomic E-state index is 0.00203. The summed E-state index contributed by atoms with van der Waals surface area (Å²) in [4.78, 5) is 39.1. The molecule has 0 aliphatic heterocycles. The number of aryl methyl sites for hydroxylation is 1. The molecule has 1 aliphatic carbocycles. The zero-order valence-electron chi connectivity index (χ0n) is 22.3. The smallest absolute Gasteiger partial charge is 0.272 e. The van der Waals surface area contributed by atoms with Crippen LogP contribution in [-0.4, -0.2) is 92.6 Å².